The molecule has 0 atom stereocenters. The van der Waals surface area contributed by atoms with Crippen molar-refractivity contribution < 1.29 is 4.74 Å². The molecule has 0 amide bonds. The number of hydrogen-bond acceptors (Lipinski definition) is 3. The van der Waals surface area contributed by atoms with Crippen LogP contribution in [0.15, 0.2) is 65.3 Å². The van der Waals surface area contributed by atoms with Gasteiger partial charge >= 0.3 is 0 Å². The van der Waals surface area contributed by atoms with E-state index in [9.17, 15) is 0 Å². The molecule has 0 aromatic heterocycles. The minimum Gasteiger partial charge on any atom is -0.495 e. The van der Waals surface area contributed by atoms with Crippen molar-refractivity contribution in [1.82, 2.24) is 4.90 Å². The summed E-state index contributed by atoms with van der Waals surface area (Å²) in [7, 11) is 1.70. The Hall–Kier alpha value is -1.94. The average molecular weight is 387 g/mol. The van der Waals surface area contributed by atoms with Gasteiger partial charge in [-0.25, -0.2) is 0 Å². The van der Waals surface area contributed by atoms with Gasteiger partial charge in [-0.3, -0.25) is 0 Å². The van der Waals surface area contributed by atoms with Crippen LogP contribution in [-0.4, -0.2) is 38.2 Å². The molecule has 1 fully saturated rings. The average Bonchev–Trinajstić information content (AvgIpc) is 2.63. The molecule has 0 bridgehead atoms. The molecular formula is C20H23BrN2O. The minimum atomic E-state index is 0.878. The van der Waals surface area contributed by atoms with Gasteiger partial charge in [-0.05, 0) is 33.6 Å². The van der Waals surface area contributed by atoms with Gasteiger partial charge in [0.05, 0.1) is 11.6 Å². The van der Waals surface area contributed by atoms with E-state index < -0.39 is 0 Å². The Morgan fingerprint density at radius 1 is 1.08 bits per heavy atom. The maximum absolute atomic E-state index is 5.40. The number of halogens is 1. The Balaban J connectivity index is 1.58. The highest BCUT2D eigenvalue weighted by Crippen LogP contribution is 2.30. The number of hydrogen-bond donors (Lipinski definition) is 0. The van der Waals surface area contributed by atoms with Crippen LogP contribution in [0.1, 0.15) is 5.56 Å². The van der Waals surface area contributed by atoms with Crippen LogP contribution in [0.3, 0.4) is 0 Å². The number of anilines is 1. The summed E-state index contributed by atoms with van der Waals surface area (Å²) in [6.07, 6.45) is 0.924. The molecule has 0 unspecified atom stereocenters. The molecule has 0 aliphatic carbocycles. The van der Waals surface area contributed by atoms with Crippen LogP contribution in [-0.2, 0) is 6.42 Å². The second-order valence-corrected chi connectivity index (χ2v) is 6.88. The summed E-state index contributed by atoms with van der Waals surface area (Å²) in [5.74, 6) is 0.878. The van der Waals surface area contributed by atoms with Crippen LogP contribution >= 0.6 is 15.9 Å². The Bertz CT molecular complexity index is 694. The molecule has 4 heteroatoms. The number of methoxy groups -OCH3 is 1. The van der Waals surface area contributed by atoms with Gasteiger partial charge in [0.1, 0.15) is 5.75 Å². The number of ether oxygens (including phenoxy) is 1. The molecule has 1 aliphatic rings. The second kappa shape index (κ2) is 7.75. The van der Waals surface area contributed by atoms with Crippen LogP contribution in [0.25, 0.3) is 0 Å². The third-order valence-electron chi connectivity index (χ3n) is 4.48. The number of benzene rings is 2. The first-order chi connectivity index (χ1) is 11.7. The molecular weight excluding hydrogens is 364 g/mol. The summed E-state index contributed by atoms with van der Waals surface area (Å²) in [4.78, 5) is 4.81. The summed E-state index contributed by atoms with van der Waals surface area (Å²) in [5, 5.41) is 0. The van der Waals surface area contributed by atoms with Gasteiger partial charge in [-0.1, -0.05) is 36.9 Å². The van der Waals surface area contributed by atoms with E-state index in [0.29, 0.717) is 0 Å². The normalized spacial score (nSPS) is 14.6. The summed E-state index contributed by atoms with van der Waals surface area (Å²) in [5.41, 5.74) is 3.74. The fourth-order valence-electron chi connectivity index (χ4n) is 3.07. The fourth-order valence-corrected chi connectivity index (χ4v) is 3.48. The van der Waals surface area contributed by atoms with Crippen LogP contribution in [0.4, 0.5) is 5.69 Å². The van der Waals surface area contributed by atoms with Crippen molar-refractivity contribution in [3.63, 3.8) is 0 Å². The van der Waals surface area contributed by atoms with Gasteiger partial charge in [-0.2, -0.15) is 0 Å². The predicted molar refractivity (Wildman–Crippen MR) is 104 cm³/mol. The summed E-state index contributed by atoms with van der Waals surface area (Å²) >= 11 is 3.51. The maximum atomic E-state index is 5.40. The standard InChI is InChI=1S/C20H23BrN2O/c1-16(14-17-6-4-3-5-7-17)22-10-12-23(13-11-22)18-8-9-19(21)20(15-18)24-2/h3-9,15H,1,10-14H2,2H3. The second-order valence-electron chi connectivity index (χ2n) is 6.02. The fraction of sp³-hybridized carbons (Fsp3) is 0.300. The molecule has 24 heavy (non-hydrogen) atoms. The van der Waals surface area contributed by atoms with Crippen LogP contribution < -0.4 is 9.64 Å². The molecule has 3 rings (SSSR count). The highest BCUT2D eigenvalue weighted by molar-refractivity contribution is 9.10. The van der Waals surface area contributed by atoms with E-state index in [1.54, 1.807) is 7.11 Å². The Morgan fingerprint density at radius 2 is 1.79 bits per heavy atom. The Morgan fingerprint density at radius 3 is 2.46 bits per heavy atom. The lowest BCUT2D eigenvalue weighted by Gasteiger charge is -2.38. The zero-order valence-electron chi connectivity index (χ0n) is 14.0. The molecule has 1 saturated heterocycles. The molecule has 3 nitrogen and oxygen atoms in total. The van der Waals surface area contributed by atoms with Gasteiger partial charge in [0.25, 0.3) is 0 Å². The van der Waals surface area contributed by atoms with E-state index in [1.807, 2.05) is 0 Å². The third kappa shape index (κ3) is 3.93. The quantitative estimate of drug-likeness (QED) is 0.759. The van der Waals surface area contributed by atoms with Gasteiger partial charge in [0, 0.05) is 50.1 Å². The first-order valence-corrected chi connectivity index (χ1v) is 9.02. The van der Waals surface area contributed by atoms with E-state index in [-0.39, 0.29) is 0 Å². The van der Waals surface area contributed by atoms with Gasteiger partial charge in [0.15, 0.2) is 0 Å². The van der Waals surface area contributed by atoms with E-state index in [0.717, 1.165) is 42.8 Å². The number of piperazine rings is 1. The van der Waals surface area contributed by atoms with E-state index in [4.69, 9.17) is 4.74 Å². The maximum Gasteiger partial charge on any atom is 0.135 e. The van der Waals surface area contributed by atoms with Crippen molar-refractivity contribution in [3.8, 4) is 5.75 Å². The van der Waals surface area contributed by atoms with Gasteiger partial charge in [-0.15, -0.1) is 0 Å². The molecule has 2 aromatic rings. The van der Waals surface area contributed by atoms with Crippen molar-refractivity contribution in [3.05, 3.63) is 70.8 Å². The largest absolute Gasteiger partial charge is 0.495 e. The Kier molecular flexibility index (Phi) is 5.46. The summed E-state index contributed by atoms with van der Waals surface area (Å²) in [6.45, 7) is 8.30. The first-order valence-electron chi connectivity index (χ1n) is 8.22. The van der Waals surface area contributed by atoms with Crippen molar-refractivity contribution in [1.29, 1.82) is 0 Å². The molecule has 0 N–H and O–H groups in total. The SMILES string of the molecule is C=C(Cc1ccccc1)N1CCN(c2ccc(Br)c(OC)c2)CC1. The highest BCUT2D eigenvalue weighted by atomic mass is 79.9. The van der Waals surface area contributed by atoms with E-state index in [1.165, 1.54) is 16.9 Å². The molecule has 0 radical (unpaired) electrons. The van der Waals surface area contributed by atoms with E-state index >= 15 is 0 Å². The molecule has 126 valence electrons. The van der Waals surface area contributed by atoms with Crippen molar-refractivity contribution in [2.75, 3.05) is 38.2 Å². The van der Waals surface area contributed by atoms with Crippen molar-refractivity contribution >= 4 is 21.6 Å². The van der Waals surface area contributed by atoms with Crippen molar-refractivity contribution in [2.24, 2.45) is 0 Å². The van der Waals surface area contributed by atoms with Gasteiger partial charge in [0.2, 0.25) is 0 Å². The minimum absolute atomic E-state index is 0.878. The van der Waals surface area contributed by atoms with Gasteiger partial charge < -0.3 is 14.5 Å². The smallest absolute Gasteiger partial charge is 0.135 e. The van der Waals surface area contributed by atoms with Crippen molar-refractivity contribution in [2.45, 2.75) is 6.42 Å². The zero-order chi connectivity index (χ0) is 16.9. The number of nitrogens with zero attached hydrogens (tertiary/aromatic N) is 2. The highest BCUT2D eigenvalue weighted by Gasteiger charge is 2.19. The van der Waals surface area contributed by atoms with Crippen LogP contribution in [0.2, 0.25) is 0 Å². The summed E-state index contributed by atoms with van der Waals surface area (Å²) in [6, 6.07) is 16.8. The van der Waals surface area contributed by atoms with Crippen LogP contribution in [0.5, 0.6) is 5.75 Å². The first kappa shape index (κ1) is 16.9. The van der Waals surface area contributed by atoms with Crippen LogP contribution in [0, 0.1) is 0 Å². The molecule has 2 aromatic carbocycles. The Labute approximate surface area is 152 Å². The molecule has 1 heterocycles. The molecule has 1 aliphatic heterocycles. The number of rotatable bonds is 5. The lowest BCUT2D eigenvalue weighted by atomic mass is 10.1. The molecule has 0 spiro atoms. The monoisotopic (exact) mass is 386 g/mol. The molecule has 0 saturated carbocycles. The lowest BCUT2D eigenvalue weighted by Crippen LogP contribution is -2.46. The lowest BCUT2D eigenvalue weighted by molar-refractivity contribution is 0.316. The summed E-state index contributed by atoms with van der Waals surface area (Å²) < 4.78 is 6.39. The predicted octanol–water partition coefficient (Wildman–Crippen LogP) is 4.34. The zero-order valence-corrected chi connectivity index (χ0v) is 15.6. The van der Waals surface area contributed by atoms with E-state index in [2.05, 4.69) is 80.8 Å². The topological polar surface area (TPSA) is 15.7 Å². The number of allylic oxidation sites excluding steroid dienone is 1. The third-order valence-corrected chi connectivity index (χ3v) is 5.13.